The van der Waals surface area contributed by atoms with Gasteiger partial charge in [0.15, 0.2) is 11.5 Å². The van der Waals surface area contributed by atoms with E-state index in [2.05, 4.69) is 38.3 Å². The Morgan fingerprint density at radius 3 is 2.33 bits per heavy atom. The van der Waals surface area contributed by atoms with Gasteiger partial charge in [0.05, 0.1) is 26.9 Å². The molecule has 0 unspecified atom stereocenters. The van der Waals surface area contributed by atoms with Gasteiger partial charge >= 0.3 is 5.97 Å². The van der Waals surface area contributed by atoms with Gasteiger partial charge in [-0.2, -0.15) is 0 Å². The lowest BCUT2D eigenvalue weighted by atomic mass is 9.81. The molecule has 0 radical (unpaired) electrons. The SMILES string of the molecule is COC(=O)c1c(NC(=O)c2ccc(OC)c(OC)c2)sc2c1CC(C)(C)NC2(C)C. The van der Waals surface area contributed by atoms with Crippen molar-refractivity contribution in [3.63, 3.8) is 0 Å². The highest BCUT2D eigenvalue weighted by molar-refractivity contribution is 7.17. The Morgan fingerprint density at radius 1 is 1.07 bits per heavy atom. The Bertz CT molecular complexity index is 994. The molecule has 0 saturated carbocycles. The summed E-state index contributed by atoms with van der Waals surface area (Å²) in [7, 11) is 4.40. The number of thiophene rings is 1. The van der Waals surface area contributed by atoms with Gasteiger partial charge in [-0.3, -0.25) is 4.79 Å². The second kappa shape index (κ2) is 7.92. The number of esters is 1. The van der Waals surface area contributed by atoms with E-state index in [0.29, 0.717) is 34.0 Å². The Labute approximate surface area is 180 Å². The molecule has 162 valence electrons. The van der Waals surface area contributed by atoms with Gasteiger partial charge < -0.3 is 24.8 Å². The lowest BCUT2D eigenvalue weighted by Gasteiger charge is -2.42. The molecule has 0 bridgehead atoms. The zero-order valence-corrected chi connectivity index (χ0v) is 19.2. The van der Waals surface area contributed by atoms with E-state index in [-0.39, 0.29) is 17.0 Å². The number of benzene rings is 1. The zero-order chi connectivity index (χ0) is 22.3. The first kappa shape index (κ1) is 22.1. The fourth-order valence-electron chi connectivity index (χ4n) is 4.09. The normalized spacial score (nSPS) is 16.4. The van der Waals surface area contributed by atoms with E-state index >= 15 is 0 Å². The molecule has 7 nitrogen and oxygen atoms in total. The van der Waals surface area contributed by atoms with E-state index in [1.54, 1.807) is 18.2 Å². The summed E-state index contributed by atoms with van der Waals surface area (Å²) in [6, 6.07) is 4.93. The second-order valence-electron chi connectivity index (χ2n) is 8.44. The van der Waals surface area contributed by atoms with Crippen LogP contribution in [0.25, 0.3) is 0 Å². The Hall–Kier alpha value is -2.58. The van der Waals surface area contributed by atoms with Gasteiger partial charge in [0, 0.05) is 21.5 Å². The van der Waals surface area contributed by atoms with Crippen molar-refractivity contribution in [3.8, 4) is 11.5 Å². The van der Waals surface area contributed by atoms with Crippen molar-refractivity contribution >= 4 is 28.2 Å². The van der Waals surface area contributed by atoms with Gasteiger partial charge in [-0.15, -0.1) is 11.3 Å². The summed E-state index contributed by atoms with van der Waals surface area (Å²) in [4.78, 5) is 26.7. The van der Waals surface area contributed by atoms with Gasteiger partial charge in [0.1, 0.15) is 5.00 Å². The van der Waals surface area contributed by atoms with Crippen LogP contribution in [0.15, 0.2) is 18.2 Å². The van der Waals surface area contributed by atoms with E-state index in [9.17, 15) is 9.59 Å². The standard InChI is InChI=1S/C22H28N2O5S/c1-21(2)11-13-16(20(26)29-7)19(30-17(13)22(3,4)24-21)23-18(25)12-8-9-14(27-5)15(10-12)28-6/h8-10,24H,11H2,1-7H3,(H,23,25). The smallest absolute Gasteiger partial charge is 0.341 e. The third-order valence-electron chi connectivity index (χ3n) is 5.11. The number of fused-ring (bicyclic) bond motifs is 1. The summed E-state index contributed by atoms with van der Waals surface area (Å²) < 4.78 is 15.6. The number of nitrogens with one attached hydrogen (secondary N) is 2. The van der Waals surface area contributed by atoms with E-state index in [1.807, 2.05) is 0 Å². The zero-order valence-electron chi connectivity index (χ0n) is 18.4. The summed E-state index contributed by atoms with van der Waals surface area (Å²) in [5, 5.41) is 7.01. The molecule has 0 saturated heterocycles. The maximum Gasteiger partial charge on any atom is 0.341 e. The minimum absolute atomic E-state index is 0.203. The molecule has 30 heavy (non-hydrogen) atoms. The predicted octanol–water partition coefficient (Wildman–Crippen LogP) is 3.96. The van der Waals surface area contributed by atoms with Gasteiger partial charge in [-0.1, -0.05) is 0 Å². The van der Waals surface area contributed by atoms with Crippen LogP contribution in [-0.4, -0.2) is 38.7 Å². The fraction of sp³-hybridized carbons (Fsp3) is 0.455. The van der Waals surface area contributed by atoms with Crippen LogP contribution < -0.4 is 20.1 Å². The molecule has 1 amide bonds. The topological polar surface area (TPSA) is 85.9 Å². The summed E-state index contributed by atoms with van der Waals surface area (Å²) >= 11 is 1.40. The first-order chi connectivity index (χ1) is 14.0. The molecule has 0 fully saturated rings. The van der Waals surface area contributed by atoms with Crippen LogP contribution in [0.5, 0.6) is 11.5 Å². The molecular weight excluding hydrogens is 404 g/mol. The molecule has 2 aromatic rings. The molecule has 1 aromatic carbocycles. The van der Waals surface area contributed by atoms with Crippen molar-refractivity contribution in [1.29, 1.82) is 0 Å². The van der Waals surface area contributed by atoms with Crippen LogP contribution in [0.4, 0.5) is 5.00 Å². The molecule has 1 aliphatic rings. The fourth-order valence-corrected chi connectivity index (χ4v) is 5.35. The molecular formula is C22H28N2O5S. The van der Waals surface area contributed by atoms with E-state index in [1.165, 1.54) is 32.7 Å². The number of ether oxygens (including phenoxy) is 3. The van der Waals surface area contributed by atoms with Crippen LogP contribution in [0.1, 0.15) is 58.9 Å². The van der Waals surface area contributed by atoms with Crippen molar-refractivity contribution in [1.82, 2.24) is 5.32 Å². The molecule has 3 rings (SSSR count). The van der Waals surface area contributed by atoms with Gasteiger partial charge in [-0.05, 0) is 57.9 Å². The summed E-state index contributed by atoms with van der Waals surface area (Å²) in [6.07, 6.45) is 0.652. The maximum atomic E-state index is 13.0. The minimum atomic E-state index is -0.455. The molecule has 0 spiro atoms. The number of amides is 1. The van der Waals surface area contributed by atoms with E-state index in [4.69, 9.17) is 14.2 Å². The molecule has 2 N–H and O–H groups in total. The number of carbonyl (C=O) groups excluding carboxylic acids is 2. The maximum absolute atomic E-state index is 13.0. The first-order valence-corrected chi connectivity index (χ1v) is 10.4. The summed E-state index contributed by atoms with van der Waals surface area (Å²) in [5.41, 5.74) is 1.19. The Morgan fingerprint density at radius 2 is 1.73 bits per heavy atom. The highest BCUT2D eigenvalue weighted by Crippen LogP contribution is 2.45. The van der Waals surface area contributed by atoms with Crippen LogP contribution in [-0.2, 0) is 16.7 Å². The van der Waals surface area contributed by atoms with Crippen LogP contribution in [0, 0.1) is 0 Å². The number of hydrogen-bond donors (Lipinski definition) is 2. The van der Waals surface area contributed by atoms with Gasteiger partial charge in [-0.25, -0.2) is 4.79 Å². The first-order valence-electron chi connectivity index (χ1n) is 9.60. The predicted molar refractivity (Wildman–Crippen MR) is 117 cm³/mol. The Balaban J connectivity index is 2.04. The van der Waals surface area contributed by atoms with Crippen molar-refractivity contribution in [2.24, 2.45) is 0 Å². The monoisotopic (exact) mass is 432 g/mol. The lowest BCUT2D eigenvalue weighted by Crippen LogP contribution is -2.55. The van der Waals surface area contributed by atoms with E-state index < -0.39 is 5.97 Å². The average Bonchev–Trinajstić information content (AvgIpc) is 3.03. The number of anilines is 1. The molecule has 2 heterocycles. The summed E-state index contributed by atoms with van der Waals surface area (Å²) in [6.45, 7) is 8.34. The molecule has 1 aromatic heterocycles. The highest BCUT2D eigenvalue weighted by Gasteiger charge is 2.42. The van der Waals surface area contributed by atoms with Crippen molar-refractivity contribution in [3.05, 3.63) is 39.8 Å². The van der Waals surface area contributed by atoms with Crippen molar-refractivity contribution in [2.75, 3.05) is 26.6 Å². The highest BCUT2D eigenvalue weighted by atomic mass is 32.1. The van der Waals surface area contributed by atoms with Crippen LogP contribution in [0.2, 0.25) is 0 Å². The number of methoxy groups -OCH3 is 3. The third kappa shape index (κ3) is 4.02. The number of hydrogen-bond acceptors (Lipinski definition) is 7. The largest absolute Gasteiger partial charge is 0.493 e. The minimum Gasteiger partial charge on any atom is -0.493 e. The van der Waals surface area contributed by atoms with Gasteiger partial charge in [0.25, 0.3) is 5.91 Å². The molecule has 1 aliphatic heterocycles. The summed E-state index contributed by atoms with van der Waals surface area (Å²) in [5.74, 6) is 0.190. The molecule has 8 heteroatoms. The van der Waals surface area contributed by atoms with Crippen LogP contribution >= 0.6 is 11.3 Å². The average molecular weight is 433 g/mol. The molecule has 0 atom stereocenters. The number of carbonyl (C=O) groups is 2. The quantitative estimate of drug-likeness (QED) is 0.696. The van der Waals surface area contributed by atoms with E-state index in [0.717, 1.165) is 10.4 Å². The van der Waals surface area contributed by atoms with Crippen molar-refractivity contribution < 1.29 is 23.8 Å². The third-order valence-corrected chi connectivity index (χ3v) is 6.58. The van der Waals surface area contributed by atoms with Gasteiger partial charge in [0.2, 0.25) is 0 Å². The van der Waals surface area contributed by atoms with Crippen molar-refractivity contribution in [2.45, 2.75) is 45.2 Å². The number of rotatable bonds is 5. The second-order valence-corrected chi connectivity index (χ2v) is 9.46. The molecule has 0 aliphatic carbocycles. The van der Waals surface area contributed by atoms with Crippen LogP contribution in [0.3, 0.4) is 0 Å². The Kier molecular flexibility index (Phi) is 5.84. The lowest BCUT2D eigenvalue weighted by molar-refractivity contribution is 0.0600.